The third kappa shape index (κ3) is 4.11. The van der Waals surface area contributed by atoms with Crippen LogP contribution in [0.2, 0.25) is 0 Å². The van der Waals surface area contributed by atoms with Crippen LogP contribution in [0.5, 0.6) is 0 Å². The lowest BCUT2D eigenvalue weighted by Crippen LogP contribution is -2.33. The number of hydrogen-bond acceptors (Lipinski definition) is 1. The number of rotatable bonds is 5. The van der Waals surface area contributed by atoms with E-state index in [-0.39, 0.29) is 0 Å². The Morgan fingerprint density at radius 3 is 2.41 bits per heavy atom. The molecule has 0 atom stereocenters. The zero-order valence-corrected chi connectivity index (χ0v) is 12.0. The highest BCUT2D eigenvalue weighted by Crippen LogP contribution is 2.27. The zero-order chi connectivity index (χ0) is 11.9. The van der Waals surface area contributed by atoms with E-state index in [0.717, 1.165) is 11.2 Å². The number of halogens is 1. The van der Waals surface area contributed by atoms with Crippen molar-refractivity contribution in [1.29, 1.82) is 0 Å². The lowest BCUT2D eigenvalue weighted by Gasteiger charge is -2.32. The van der Waals surface area contributed by atoms with Crippen molar-refractivity contribution < 1.29 is 0 Å². The summed E-state index contributed by atoms with van der Waals surface area (Å²) in [6.45, 7) is 3.84. The summed E-state index contributed by atoms with van der Waals surface area (Å²) in [6, 6.07) is 11.0. The number of piperidine rings is 1. The van der Waals surface area contributed by atoms with Gasteiger partial charge in [0.15, 0.2) is 0 Å². The van der Waals surface area contributed by atoms with Crippen molar-refractivity contribution in [3.05, 3.63) is 35.9 Å². The van der Waals surface area contributed by atoms with Gasteiger partial charge in [-0.2, -0.15) is 0 Å². The van der Waals surface area contributed by atoms with Crippen LogP contribution in [0.15, 0.2) is 30.3 Å². The summed E-state index contributed by atoms with van der Waals surface area (Å²) < 4.78 is 0. The molecule has 1 nitrogen and oxygen atoms in total. The Morgan fingerprint density at radius 1 is 1.06 bits per heavy atom. The smallest absolute Gasteiger partial charge is 0.00317 e. The fraction of sp³-hybridized carbons (Fsp3) is 0.600. The Hall–Kier alpha value is -0.340. The summed E-state index contributed by atoms with van der Waals surface area (Å²) in [5.74, 6) is 0.795. The van der Waals surface area contributed by atoms with Crippen molar-refractivity contribution in [3.63, 3.8) is 0 Å². The Morgan fingerprint density at radius 2 is 1.76 bits per heavy atom. The van der Waals surface area contributed by atoms with Gasteiger partial charge in [-0.1, -0.05) is 46.3 Å². The highest BCUT2D eigenvalue weighted by atomic mass is 79.9. The largest absolute Gasteiger partial charge is 0.303 e. The molecule has 0 radical (unpaired) electrons. The van der Waals surface area contributed by atoms with E-state index >= 15 is 0 Å². The molecule has 1 fully saturated rings. The minimum Gasteiger partial charge on any atom is -0.303 e. The summed E-state index contributed by atoms with van der Waals surface area (Å²) in [6.07, 6.45) is 5.30. The second-order valence-electron chi connectivity index (χ2n) is 4.92. The van der Waals surface area contributed by atoms with Crippen LogP contribution in [0, 0.1) is 0 Å². The van der Waals surface area contributed by atoms with E-state index in [0.29, 0.717) is 0 Å². The Bertz CT molecular complexity index is 304. The molecular formula is C15H22BrN. The molecule has 0 spiro atoms. The SMILES string of the molecule is BrCCCCN1CCC(c2ccccc2)CC1. The summed E-state index contributed by atoms with van der Waals surface area (Å²) in [7, 11) is 0. The maximum absolute atomic E-state index is 3.50. The molecule has 0 aromatic heterocycles. The molecule has 17 heavy (non-hydrogen) atoms. The van der Waals surface area contributed by atoms with E-state index in [9.17, 15) is 0 Å². The lowest BCUT2D eigenvalue weighted by atomic mass is 9.89. The fourth-order valence-electron chi connectivity index (χ4n) is 2.65. The molecule has 0 aliphatic carbocycles. The molecular weight excluding hydrogens is 274 g/mol. The van der Waals surface area contributed by atoms with Crippen LogP contribution in [0.1, 0.15) is 37.2 Å². The molecule has 0 bridgehead atoms. The van der Waals surface area contributed by atoms with E-state index in [1.807, 2.05) is 0 Å². The average Bonchev–Trinajstić information content (AvgIpc) is 2.41. The molecule has 2 rings (SSSR count). The topological polar surface area (TPSA) is 3.24 Å². The maximum atomic E-state index is 3.50. The lowest BCUT2D eigenvalue weighted by molar-refractivity contribution is 0.210. The van der Waals surface area contributed by atoms with Crippen molar-refractivity contribution in [3.8, 4) is 0 Å². The molecule has 1 aromatic rings. The molecule has 1 aliphatic rings. The molecule has 1 aromatic carbocycles. The van der Waals surface area contributed by atoms with Gasteiger partial charge in [0.2, 0.25) is 0 Å². The summed E-state index contributed by atoms with van der Waals surface area (Å²) in [4.78, 5) is 2.63. The van der Waals surface area contributed by atoms with Crippen molar-refractivity contribution in [2.75, 3.05) is 25.0 Å². The molecule has 94 valence electrons. The number of alkyl halides is 1. The number of unbranched alkanes of at least 4 members (excludes halogenated alkanes) is 1. The first-order valence-electron chi connectivity index (χ1n) is 6.73. The molecule has 1 heterocycles. The first-order chi connectivity index (χ1) is 8.40. The number of benzene rings is 1. The van der Waals surface area contributed by atoms with Crippen LogP contribution >= 0.6 is 15.9 Å². The average molecular weight is 296 g/mol. The van der Waals surface area contributed by atoms with Gasteiger partial charge in [-0.15, -0.1) is 0 Å². The van der Waals surface area contributed by atoms with Gasteiger partial charge in [0.25, 0.3) is 0 Å². The molecule has 0 N–H and O–H groups in total. The van der Waals surface area contributed by atoms with Gasteiger partial charge in [0, 0.05) is 5.33 Å². The molecule has 0 saturated carbocycles. The monoisotopic (exact) mass is 295 g/mol. The Balaban J connectivity index is 1.74. The van der Waals surface area contributed by atoms with Crippen molar-refractivity contribution in [1.82, 2.24) is 4.90 Å². The van der Waals surface area contributed by atoms with Gasteiger partial charge in [-0.05, 0) is 56.8 Å². The van der Waals surface area contributed by atoms with Crippen LogP contribution in [0.25, 0.3) is 0 Å². The minimum absolute atomic E-state index is 0.795. The van der Waals surface area contributed by atoms with Gasteiger partial charge >= 0.3 is 0 Å². The van der Waals surface area contributed by atoms with E-state index < -0.39 is 0 Å². The molecule has 1 aliphatic heterocycles. The van der Waals surface area contributed by atoms with Gasteiger partial charge in [-0.25, -0.2) is 0 Å². The van der Waals surface area contributed by atoms with E-state index in [2.05, 4.69) is 51.2 Å². The minimum atomic E-state index is 0.795. The highest BCUT2D eigenvalue weighted by molar-refractivity contribution is 9.09. The quantitative estimate of drug-likeness (QED) is 0.585. The van der Waals surface area contributed by atoms with Gasteiger partial charge in [0.05, 0.1) is 0 Å². The second kappa shape index (κ2) is 7.17. The molecule has 2 heteroatoms. The van der Waals surface area contributed by atoms with Crippen molar-refractivity contribution in [2.24, 2.45) is 0 Å². The molecule has 1 saturated heterocycles. The Kier molecular flexibility index (Phi) is 5.53. The number of likely N-dealkylation sites (tertiary alicyclic amines) is 1. The first-order valence-corrected chi connectivity index (χ1v) is 7.85. The Labute approximate surface area is 113 Å². The van der Waals surface area contributed by atoms with Gasteiger partial charge < -0.3 is 4.90 Å². The van der Waals surface area contributed by atoms with Crippen LogP contribution in [0.3, 0.4) is 0 Å². The fourth-order valence-corrected chi connectivity index (χ4v) is 3.04. The third-order valence-electron chi connectivity index (χ3n) is 3.72. The summed E-state index contributed by atoms with van der Waals surface area (Å²) in [5, 5.41) is 1.15. The van der Waals surface area contributed by atoms with Crippen molar-refractivity contribution in [2.45, 2.75) is 31.6 Å². The van der Waals surface area contributed by atoms with E-state index in [1.165, 1.54) is 50.9 Å². The third-order valence-corrected chi connectivity index (χ3v) is 4.28. The summed E-state index contributed by atoms with van der Waals surface area (Å²) >= 11 is 3.50. The molecule has 0 amide bonds. The van der Waals surface area contributed by atoms with Gasteiger partial charge in [0.1, 0.15) is 0 Å². The standard InChI is InChI=1S/C15H22BrN/c16-10-4-5-11-17-12-8-15(9-13-17)14-6-2-1-3-7-14/h1-3,6-7,15H,4-5,8-13H2. The highest BCUT2D eigenvalue weighted by Gasteiger charge is 2.19. The van der Waals surface area contributed by atoms with Crippen molar-refractivity contribution >= 4 is 15.9 Å². The van der Waals surface area contributed by atoms with Crippen LogP contribution in [-0.2, 0) is 0 Å². The first kappa shape index (κ1) is 13.1. The number of hydrogen-bond donors (Lipinski definition) is 0. The molecule has 0 unspecified atom stereocenters. The number of nitrogens with zero attached hydrogens (tertiary/aromatic N) is 1. The zero-order valence-electron chi connectivity index (χ0n) is 10.4. The van der Waals surface area contributed by atoms with Crippen LogP contribution < -0.4 is 0 Å². The maximum Gasteiger partial charge on any atom is 0.00317 e. The van der Waals surface area contributed by atoms with Gasteiger partial charge in [-0.3, -0.25) is 0 Å². The van der Waals surface area contributed by atoms with Crippen LogP contribution in [-0.4, -0.2) is 29.9 Å². The van der Waals surface area contributed by atoms with E-state index in [4.69, 9.17) is 0 Å². The second-order valence-corrected chi connectivity index (χ2v) is 5.72. The predicted molar refractivity (Wildman–Crippen MR) is 77.9 cm³/mol. The normalized spacial score (nSPS) is 18.4. The van der Waals surface area contributed by atoms with Crippen LogP contribution in [0.4, 0.5) is 0 Å². The van der Waals surface area contributed by atoms with E-state index in [1.54, 1.807) is 0 Å². The summed E-state index contributed by atoms with van der Waals surface area (Å²) in [5.41, 5.74) is 1.53. The predicted octanol–water partition coefficient (Wildman–Crippen LogP) is 4.04.